The Balaban J connectivity index is 3.39. The van der Waals surface area contributed by atoms with Gasteiger partial charge in [0, 0.05) is 6.61 Å². The minimum Gasteiger partial charge on any atom is -0.381 e. The molecule has 1 heteroatoms. The second-order valence-electron chi connectivity index (χ2n) is 2.35. The van der Waals surface area contributed by atoms with E-state index in [1.165, 1.54) is 6.42 Å². The molecular formula is C9H18O. The first-order valence-corrected chi connectivity index (χ1v) is 4.05. The van der Waals surface area contributed by atoms with Gasteiger partial charge in [0.15, 0.2) is 0 Å². The number of allylic oxidation sites excluding steroid dienone is 1. The fraction of sp³-hybridized carbons (Fsp3) is 0.778. The molecule has 1 nitrogen and oxygen atoms in total. The summed E-state index contributed by atoms with van der Waals surface area (Å²) in [6.07, 6.45) is 5.47. The van der Waals surface area contributed by atoms with Crippen molar-refractivity contribution in [2.75, 3.05) is 13.2 Å². The van der Waals surface area contributed by atoms with Crippen LogP contribution in [0.2, 0.25) is 0 Å². The van der Waals surface area contributed by atoms with Crippen LogP contribution in [0.25, 0.3) is 0 Å². The largest absolute Gasteiger partial charge is 0.381 e. The van der Waals surface area contributed by atoms with Gasteiger partial charge in [0.05, 0.1) is 6.61 Å². The second-order valence-corrected chi connectivity index (χ2v) is 2.35. The smallest absolute Gasteiger partial charge is 0.0528 e. The molecule has 0 aliphatic heterocycles. The van der Waals surface area contributed by atoms with Gasteiger partial charge in [0.25, 0.3) is 0 Å². The van der Waals surface area contributed by atoms with Gasteiger partial charge in [0.2, 0.25) is 0 Å². The van der Waals surface area contributed by atoms with Crippen LogP contribution < -0.4 is 0 Å². The summed E-state index contributed by atoms with van der Waals surface area (Å²) in [5, 5.41) is 0. The SMILES string of the molecule is C/C=C\C(CC)COCC. The van der Waals surface area contributed by atoms with Gasteiger partial charge in [-0.25, -0.2) is 0 Å². The van der Waals surface area contributed by atoms with Crippen LogP contribution >= 0.6 is 0 Å². The highest BCUT2D eigenvalue weighted by molar-refractivity contribution is 4.84. The van der Waals surface area contributed by atoms with E-state index in [1.807, 2.05) is 6.92 Å². The van der Waals surface area contributed by atoms with Crippen LogP contribution in [0.15, 0.2) is 12.2 Å². The van der Waals surface area contributed by atoms with E-state index < -0.39 is 0 Å². The van der Waals surface area contributed by atoms with E-state index in [0.29, 0.717) is 5.92 Å². The molecule has 0 bridgehead atoms. The third-order valence-corrected chi connectivity index (χ3v) is 1.53. The number of ether oxygens (including phenoxy) is 1. The molecule has 0 rings (SSSR count). The topological polar surface area (TPSA) is 9.23 Å². The molecular weight excluding hydrogens is 124 g/mol. The van der Waals surface area contributed by atoms with E-state index in [1.54, 1.807) is 0 Å². The highest BCUT2D eigenvalue weighted by Gasteiger charge is 1.98. The molecule has 0 aromatic heterocycles. The molecule has 1 atom stereocenters. The third kappa shape index (κ3) is 4.57. The summed E-state index contributed by atoms with van der Waals surface area (Å²) in [6, 6.07) is 0. The van der Waals surface area contributed by atoms with Crippen LogP contribution in [-0.4, -0.2) is 13.2 Å². The van der Waals surface area contributed by atoms with Gasteiger partial charge in [-0.2, -0.15) is 0 Å². The van der Waals surface area contributed by atoms with Crippen molar-refractivity contribution in [1.82, 2.24) is 0 Å². The summed E-state index contributed by atoms with van der Waals surface area (Å²) in [4.78, 5) is 0. The predicted octanol–water partition coefficient (Wildman–Crippen LogP) is 2.63. The minimum absolute atomic E-state index is 0.616. The van der Waals surface area contributed by atoms with Gasteiger partial charge in [0.1, 0.15) is 0 Å². The Morgan fingerprint density at radius 1 is 1.40 bits per heavy atom. The summed E-state index contributed by atoms with van der Waals surface area (Å²) in [7, 11) is 0. The van der Waals surface area contributed by atoms with E-state index in [4.69, 9.17) is 4.74 Å². The molecule has 0 saturated carbocycles. The first kappa shape index (κ1) is 9.70. The lowest BCUT2D eigenvalue weighted by molar-refractivity contribution is 0.123. The Labute approximate surface area is 64.1 Å². The van der Waals surface area contributed by atoms with Crippen LogP contribution in [-0.2, 0) is 4.74 Å². The van der Waals surface area contributed by atoms with Crippen molar-refractivity contribution in [2.24, 2.45) is 5.92 Å². The van der Waals surface area contributed by atoms with Crippen molar-refractivity contribution in [1.29, 1.82) is 0 Å². The van der Waals surface area contributed by atoms with E-state index >= 15 is 0 Å². The molecule has 0 N–H and O–H groups in total. The molecule has 0 aromatic rings. The highest BCUT2D eigenvalue weighted by atomic mass is 16.5. The zero-order chi connectivity index (χ0) is 7.82. The Hall–Kier alpha value is -0.300. The van der Waals surface area contributed by atoms with Crippen molar-refractivity contribution >= 4 is 0 Å². The normalized spacial score (nSPS) is 14.3. The Morgan fingerprint density at radius 2 is 2.10 bits per heavy atom. The molecule has 0 amide bonds. The Morgan fingerprint density at radius 3 is 2.50 bits per heavy atom. The van der Waals surface area contributed by atoms with E-state index in [-0.39, 0.29) is 0 Å². The lowest BCUT2D eigenvalue weighted by Crippen LogP contribution is -2.05. The van der Waals surface area contributed by atoms with Crippen molar-refractivity contribution in [3.8, 4) is 0 Å². The molecule has 60 valence electrons. The average molecular weight is 142 g/mol. The monoisotopic (exact) mass is 142 g/mol. The van der Waals surface area contributed by atoms with Gasteiger partial charge >= 0.3 is 0 Å². The van der Waals surface area contributed by atoms with Crippen LogP contribution in [0.3, 0.4) is 0 Å². The second kappa shape index (κ2) is 6.81. The number of rotatable bonds is 5. The van der Waals surface area contributed by atoms with Gasteiger partial charge in [-0.3, -0.25) is 0 Å². The predicted molar refractivity (Wildman–Crippen MR) is 45.1 cm³/mol. The summed E-state index contributed by atoms with van der Waals surface area (Å²) in [5.74, 6) is 0.616. The fourth-order valence-electron chi connectivity index (χ4n) is 0.851. The summed E-state index contributed by atoms with van der Waals surface area (Å²) in [5.41, 5.74) is 0. The van der Waals surface area contributed by atoms with E-state index in [2.05, 4.69) is 26.0 Å². The maximum Gasteiger partial charge on any atom is 0.0528 e. The van der Waals surface area contributed by atoms with Crippen molar-refractivity contribution < 1.29 is 4.74 Å². The minimum atomic E-state index is 0.616. The van der Waals surface area contributed by atoms with Crippen LogP contribution in [0.5, 0.6) is 0 Å². The first-order valence-electron chi connectivity index (χ1n) is 4.05. The molecule has 0 heterocycles. The van der Waals surface area contributed by atoms with Crippen molar-refractivity contribution in [3.05, 3.63) is 12.2 Å². The maximum absolute atomic E-state index is 5.29. The molecule has 0 fully saturated rings. The molecule has 0 saturated heterocycles. The Kier molecular flexibility index (Phi) is 6.61. The first-order chi connectivity index (χ1) is 4.85. The van der Waals surface area contributed by atoms with Crippen LogP contribution in [0, 0.1) is 5.92 Å². The van der Waals surface area contributed by atoms with Crippen molar-refractivity contribution in [3.63, 3.8) is 0 Å². The van der Waals surface area contributed by atoms with E-state index in [0.717, 1.165) is 13.2 Å². The molecule has 0 aliphatic rings. The quantitative estimate of drug-likeness (QED) is 0.536. The van der Waals surface area contributed by atoms with Crippen LogP contribution in [0.4, 0.5) is 0 Å². The van der Waals surface area contributed by atoms with Crippen LogP contribution in [0.1, 0.15) is 27.2 Å². The molecule has 0 aliphatic carbocycles. The van der Waals surface area contributed by atoms with Gasteiger partial charge < -0.3 is 4.74 Å². The molecule has 0 radical (unpaired) electrons. The van der Waals surface area contributed by atoms with Gasteiger partial charge in [-0.05, 0) is 26.2 Å². The lowest BCUT2D eigenvalue weighted by atomic mass is 10.1. The zero-order valence-corrected chi connectivity index (χ0v) is 7.26. The molecule has 0 aromatic carbocycles. The third-order valence-electron chi connectivity index (χ3n) is 1.53. The maximum atomic E-state index is 5.29. The zero-order valence-electron chi connectivity index (χ0n) is 7.26. The standard InChI is InChI=1S/C9H18O/c1-4-7-9(5-2)8-10-6-3/h4,7,9H,5-6,8H2,1-3H3/b7-4-. The number of hydrogen-bond donors (Lipinski definition) is 0. The summed E-state index contributed by atoms with van der Waals surface area (Å²) in [6.45, 7) is 7.96. The van der Waals surface area contributed by atoms with Crippen molar-refractivity contribution in [2.45, 2.75) is 27.2 Å². The van der Waals surface area contributed by atoms with E-state index in [9.17, 15) is 0 Å². The lowest BCUT2D eigenvalue weighted by Gasteiger charge is -2.08. The Bertz CT molecular complexity index is 86.7. The fourth-order valence-corrected chi connectivity index (χ4v) is 0.851. The summed E-state index contributed by atoms with van der Waals surface area (Å²) < 4.78 is 5.29. The number of hydrogen-bond acceptors (Lipinski definition) is 1. The molecule has 0 spiro atoms. The highest BCUT2D eigenvalue weighted by Crippen LogP contribution is 2.04. The average Bonchev–Trinajstić information content (AvgIpc) is 1.98. The molecule has 10 heavy (non-hydrogen) atoms. The van der Waals surface area contributed by atoms with Gasteiger partial charge in [-0.15, -0.1) is 0 Å². The summed E-state index contributed by atoms with van der Waals surface area (Å²) >= 11 is 0. The van der Waals surface area contributed by atoms with Gasteiger partial charge in [-0.1, -0.05) is 19.1 Å². The molecule has 1 unspecified atom stereocenters.